The number of rotatable bonds is 3. The van der Waals surface area contributed by atoms with Gasteiger partial charge in [-0.3, -0.25) is 4.79 Å². The number of carbonyl (C=O) groups is 1. The molecule has 2 nitrogen and oxygen atoms in total. The second kappa shape index (κ2) is 8.21. The van der Waals surface area contributed by atoms with Crippen LogP contribution in [0.25, 0.3) is 0 Å². The summed E-state index contributed by atoms with van der Waals surface area (Å²) in [6.07, 6.45) is 0.680. The first-order valence-corrected chi connectivity index (χ1v) is 3.53. The van der Waals surface area contributed by atoms with Crippen LogP contribution in [0.5, 0.6) is 0 Å². The molecule has 0 heterocycles. The standard InChI is InChI=1S/C6H11NO.C2H6/c1-5(2)6(3)7-4-8;1-2/h4,6H,1H2,2-3H3,(H,7,8);1-2H3/t6-;/m0./s1. The molecule has 1 amide bonds. The Balaban J connectivity index is 0. The van der Waals surface area contributed by atoms with E-state index >= 15 is 0 Å². The summed E-state index contributed by atoms with van der Waals surface area (Å²) in [5.74, 6) is 0. The van der Waals surface area contributed by atoms with E-state index in [0.29, 0.717) is 6.41 Å². The van der Waals surface area contributed by atoms with E-state index in [1.807, 2.05) is 27.7 Å². The highest BCUT2D eigenvalue weighted by Crippen LogP contribution is 1.92. The summed E-state index contributed by atoms with van der Waals surface area (Å²) in [6.45, 7) is 11.4. The maximum Gasteiger partial charge on any atom is 0.207 e. The van der Waals surface area contributed by atoms with Gasteiger partial charge in [-0.05, 0) is 13.8 Å². The topological polar surface area (TPSA) is 29.1 Å². The Bertz CT molecular complexity index is 99.4. The van der Waals surface area contributed by atoms with Gasteiger partial charge in [-0.15, -0.1) is 0 Å². The van der Waals surface area contributed by atoms with Crippen LogP contribution in [0.4, 0.5) is 0 Å². The van der Waals surface area contributed by atoms with Gasteiger partial charge in [-0.1, -0.05) is 26.0 Å². The van der Waals surface area contributed by atoms with Crippen LogP contribution in [-0.2, 0) is 4.79 Å². The van der Waals surface area contributed by atoms with Crippen LogP contribution < -0.4 is 5.32 Å². The molecule has 0 rings (SSSR count). The summed E-state index contributed by atoms with van der Waals surface area (Å²) < 4.78 is 0. The van der Waals surface area contributed by atoms with Crippen LogP contribution in [-0.4, -0.2) is 12.5 Å². The smallest absolute Gasteiger partial charge is 0.207 e. The number of amides is 1. The molecule has 0 saturated carbocycles. The SMILES string of the molecule is C=C(C)[C@H](C)NC=O.CC. The van der Waals surface area contributed by atoms with Crippen molar-refractivity contribution in [1.82, 2.24) is 5.32 Å². The van der Waals surface area contributed by atoms with E-state index in [1.165, 1.54) is 0 Å². The zero-order chi connectivity index (χ0) is 8.57. The van der Waals surface area contributed by atoms with E-state index in [1.54, 1.807) is 0 Å². The van der Waals surface area contributed by atoms with E-state index in [-0.39, 0.29) is 6.04 Å². The molecule has 1 N–H and O–H groups in total. The molecule has 0 aliphatic rings. The van der Waals surface area contributed by atoms with E-state index in [4.69, 9.17) is 0 Å². The molecule has 60 valence electrons. The summed E-state index contributed by atoms with van der Waals surface area (Å²) in [5, 5.41) is 2.56. The highest BCUT2D eigenvalue weighted by atomic mass is 16.1. The molecule has 0 bridgehead atoms. The molecule has 0 unspecified atom stereocenters. The van der Waals surface area contributed by atoms with Gasteiger partial charge in [-0.2, -0.15) is 0 Å². The Morgan fingerprint density at radius 1 is 1.60 bits per heavy atom. The van der Waals surface area contributed by atoms with Gasteiger partial charge in [0.05, 0.1) is 0 Å². The average molecular weight is 143 g/mol. The van der Waals surface area contributed by atoms with Crippen molar-refractivity contribution >= 4 is 6.41 Å². The lowest BCUT2D eigenvalue weighted by atomic mass is 10.2. The van der Waals surface area contributed by atoms with Gasteiger partial charge in [0.1, 0.15) is 0 Å². The minimum Gasteiger partial charge on any atom is -0.353 e. The lowest BCUT2D eigenvalue weighted by Crippen LogP contribution is -2.24. The molecule has 0 radical (unpaired) electrons. The maximum absolute atomic E-state index is 9.77. The maximum atomic E-state index is 9.77. The van der Waals surface area contributed by atoms with E-state index in [9.17, 15) is 4.79 Å². The molecule has 0 aromatic heterocycles. The summed E-state index contributed by atoms with van der Waals surface area (Å²) in [4.78, 5) is 9.77. The minimum atomic E-state index is 0.104. The fraction of sp³-hybridized carbons (Fsp3) is 0.625. The van der Waals surface area contributed by atoms with Crippen molar-refractivity contribution in [1.29, 1.82) is 0 Å². The molecular weight excluding hydrogens is 126 g/mol. The molecule has 0 aromatic carbocycles. The van der Waals surface area contributed by atoms with Crippen molar-refractivity contribution in [2.45, 2.75) is 33.7 Å². The first kappa shape index (κ1) is 11.9. The normalized spacial score (nSPS) is 10.4. The van der Waals surface area contributed by atoms with Crippen molar-refractivity contribution in [3.05, 3.63) is 12.2 Å². The molecule has 10 heavy (non-hydrogen) atoms. The first-order chi connectivity index (χ1) is 4.68. The van der Waals surface area contributed by atoms with Crippen molar-refractivity contribution in [2.24, 2.45) is 0 Å². The molecule has 2 heteroatoms. The number of hydrogen-bond donors (Lipinski definition) is 1. The molecular formula is C8H17NO. The zero-order valence-corrected chi connectivity index (χ0v) is 7.27. The Hall–Kier alpha value is -0.790. The highest BCUT2D eigenvalue weighted by Gasteiger charge is 1.95. The summed E-state index contributed by atoms with van der Waals surface area (Å²) in [6, 6.07) is 0.104. The van der Waals surface area contributed by atoms with Gasteiger partial charge in [0.15, 0.2) is 0 Å². The molecule has 0 aromatic rings. The largest absolute Gasteiger partial charge is 0.353 e. The van der Waals surface area contributed by atoms with Gasteiger partial charge in [0.2, 0.25) is 6.41 Å². The number of carbonyl (C=O) groups excluding carboxylic acids is 1. The van der Waals surface area contributed by atoms with Gasteiger partial charge >= 0.3 is 0 Å². The minimum absolute atomic E-state index is 0.104. The van der Waals surface area contributed by atoms with Crippen LogP contribution in [0, 0.1) is 0 Å². The third-order valence-electron chi connectivity index (χ3n) is 1.06. The van der Waals surface area contributed by atoms with Crippen molar-refractivity contribution in [3.8, 4) is 0 Å². The summed E-state index contributed by atoms with van der Waals surface area (Å²) in [7, 11) is 0. The van der Waals surface area contributed by atoms with Crippen molar-refractivity contribution in [2.75, 3.05) is 0 Å². The predicted molar refractivity (Wildman–Crippen MR) is 44.8 cm³/mol. The fourth-order valence-electron chi connectivity index (χ4n) is 0.244. The van der Waals surface area contributed by atoms with Crippen LogP contribution >= 0.6 is 0 Å². The first-order valence-electron chi connectivity index (χ1n) is 3.53. The van der Waals surface area contributed by atoms with Crippen molar-refractivity contribution < 1.29 is 4.79 Å². The van der Waals surface area contributed by atoms with Crippen molar-refractivity contribution in [3.63, 3.8) is 0 Å². The third-order valence-corrected chi connectivity index (χ3v) is 1.06. The number of hydrogen-bond acceptors (Lipinski definition) is 1. The van der Waals surface area contributed by atoms with Gasteiger partial charge in [0.25, 0.3) is 0 Å². The zero-order valence-electron chi connectivity index (χ0n) is 7.27. The Kier molecular flexibility index (Phi) is 9.80. The van der Waals surface area contributed by atoms with Crippen LogP contribution in [0.3, 0.4) is 0 Å². The Labute approximate surface area is 63.3 Å². The average Bonchev–Trinajstić information content (AvgIpc) is 1.93. The summed E-state index contributed by atoms with van der Waals surface area (Å²) in [5.41, 5.74) is 0.970. The van der Waals surface area contributed by atoms with Crippen LogP contribution in [0.1, 0.15) is 27.7 Å². The Morgan fingerprint density at radius 3 is 2.10 bits per heavy atom. The molecule has 0 saturated heterocycles. The van der Waals surface area contributed by atoms with Gasteiger partial charge in [0, 0.05) is 6.04 Å². The van der Waals surface area contributed by atoms with E-state index < -0.39 is 0 Å². The lowest BCUT2D eigenvalue weighted by Gasteiger charge is -2.07. The van der Waals surface area contributed by atoms with E-state index in [0.717, 1.165) is 5.57 Å². The van der Waals surface area contributed by atoms with Gasteiger partial charge in [-0.25, -0.2) is 0 Å². The molecule has 0 fully saturated rings. The molecule has 0 spiro atoms. The number of nitrogens with one attached hydrogen (secondary N) is 1. The van der Waals surface area contributed by atoms with Crippen LogP contribution in [0.2, 0.25) is 0 Å². The quantitative estimate of drug-likeness (QED) is 0.473. The van der Waals surface area contributed by atoms with Gasteiger partial charge < -0.3 is 5.32 Å². The Morgan fingerprint density at radius 2 is 2.00 bits per heavy atom. The molecule has 0 aliphatic heterocycles. The van der Waals surface area contributed by atoms with Crippen LogP contribution in [0.15, 0.2) is 12.2 Å². The monoisotopic (exact) mass is 143 g/mol. The summed E-state index contributed by atoms with van der Waals surface area (Å²) >= 11 is 0. The third kappa shape index (κ3) is 7.21. The fourth-order valence-corrected chi connectivity index (χ4v) is 0.244. The van der Waals surface area contributed by atoms with E-state index in [2.05, 4.69) is 11.9 Å². The predicted octanol–water partition coefficient (Wildman–Crippen LogP) is 1.72. The second-order valence-corrected chi connectivity index (χ2v) is 1.85. The molecule has 0 aliphatic carbocycles. The lowest BCUT2D eigenvalue weighted by molar-refractivity contribution is -0.109. The second-order valence-electron chi connectivity index (χ2n) is 1.85. The highest BCUT2D eigenvalue weighted by molar-refractivity contribution is 5.47. The molecule has 1 atom stereocenters.